The third-order valence-electron chi connectivity index (χ3n) is 4.84. The first kappa shape index (κ1) is 19.2. The molecule has 1 heterocycles. The van der Waals surface area contributed by atoms with Crippen molar-refractivity contribution >= 4 is 35.2 Å². The number of anilines is 1. The number of carbonyl (C=O) groups excluding carboxylic acids is 2. The number of carbonyl (C=O) groups is 2. The number of aryl methyl sites for hydroxylation is 1. The number of piperidine rings is 1. The molecular formula is C22H23ClN2O2. The van der Waals surface area contributed by atoms with E-state index in [-0.39, 0.29) is 17.7 Å². The van der Waals surface area contributed by atoms with Gasteiger partial charge in [0.2, 0.25) is 11.8 Å². The molecule has 3 rings (SSSR count). The van der Waals surface area contributed by atoms with Crippen LogP contribution in [0.1, 0.15) is 24.0 Å². The Labute approximate surface area is 164 Å². The summed E-state index contributed by atoms with van der Waals surface area (Å²) in [5.41, 5.74) is 2.72. The minimum absolute atomic E-state index is 0.00680. The van der Waals surface area contributed by atoms with E-state index in [1.54, 1.807) is 17.0 Å². The smallest absolute Gasteiger partial charge is 0.246 e. The van der Waals surface area contributed by atoms with Crippen LogP contribution in [0.15, 0.2) is 54.6 Å². The van der Waals surface area contributed by atoms with Crippen molar-refractivity contribution in [2.45, 2.75) is 19.8 Å². The van der Waals surface area contributed by atoms with E-state index in [4.69, 9.17) is 11.6 Å². The van der Waals surface area contributed by atoms with Gasteiger partial charge in [-0.3, -0.25) is 9.59 Å². The number of amides is 2. The van der Waals surface area contributed by atoms with Gasteiger partial charge in [0.1, 0.15) is 0 Å². The van der Waals surface area contributed by atoms with E-state index in [2.05, 4.69) is 5.32 Å². The van der Waals surface area contributed by atoms with Gasteiger partial charge >= 0.3 is 0 Å². The summed E-state index contributed by atoms with van der Waals surface area (Å²) in [5.74, 6) is -0.0826. The number of hydrogen-bond donors (Lipinski definition) is 1. The number of likely N-dealkylation sites (tertiary alicyclic amines) is 1. The van der Waals surface area contributed by atoms with Gasteiger partial charge in [-0.25, -0.2) is 0 Å². The Morgan fingerprint density at radius 2 is 1.81 bits per heavy atom. The fraction of sp³-hybridized carbons (Fsp3) is 0.273. The number of benzene rings is 2. The first-order valence-corrected chi connectivity index (χ1v) is 9.50. The lowest BCUT2D eigenvalue weighted by Gasteiger charge is -2.30. The lowest BCUT2D eigenvalue weighted by molar-refractivity contribution is -0.130. The summed E-state index contributed by atoms with van der Waals surface area (Å²) in [6, 6.07) is 15.2. The molecule has 0 aromatic heterocycles. The van der Waals surface area contributed by atoms with Crippen molar-refractivity contribution in [3.63, 3.8) is 0 Å². The molecule has 1 fully saturated rings. The molecule has 0 radical (unpaired) electrons. The lowest BCUT2D eigenvalue weighted by Crippen LogP contribution is -2.40. The maximum atomic E-state index is 12.5. The summed E-state index contributed by atoms with van der Waals surface area (Å²) in [4.78, 5) is 26.7. The average molecular weight is 383 g/mol. The van der Waals surface area contributed by atoms with Crippen LogP contribution in [0, 0.1) is 12.8 Å². The highest BCUT2D eigenvalue weighted by Crippen LogP contribution is 2.23. The van der Waals surface area contributed by atoms with E-state index in [0.29, 0.717) is 31.0 Å². The molecular weight excluding hydrogens is 360 g/mol. The first-order chi connectivity index (χ1) is 13.0. The highest BCUT2D eigenvalue weighted by atomic mass is 35.5. The number of halogens is 1. The molecule has 1 saturated heterocycles. The first-order valence-electron chi connectivity index (χ1n) is 9.12. The van der Waals surface area contributed by atoms with Crippen molar-refractivity contribution < 1.29 is 9.59 Å². The number of hydrogen-bond acceptors (Lipinski definition) is 2. The summed E-state index contributed by atoms with van der Waals surface area (Å²) in [5, 5.41) is 3.64. The zero-order chi connectivity index (χ0) is 19.2. The second-order valence-corrected chi connectivity index (χ2v) is 7.23. The summed E-state index contributed by atoms with van der Waals surface area (Å²) in [6.07, 6.45) is 4.77. The molecule has 140 valence electrons. The third-order valence-corrected chi connectivity index (χ3v) is 5.08. The van der Waals surface area contributed by atoms with Crippen LogP contribution in [-0.4, -0.2) is 29.8 Å². The zero-order valence-electron chi connectivity index (χ0n) is 15.3. The molecule has 0 unspecified atom stereocenters. The van der Waals surface area contributed by atoms with Gasteiger partial charge in [-0.2, -0.15) is 0 Å². The van der Waals surface area contributed by atoms with Crippen molar-refractivity contribution in [2.75, 3.05) is 18.4 Å². The highest BCUT2D eigenvalue weighted by Gasteiger charge is 2.26. The predicted octanol–water partition coefficient (Wildman–Crippen LogP) is 4.54. The van der Waals surface area contributed by atoms with Crippen LogP contribution in [0.2, 0.25) is 5.02 Å². The standard InChI is InChI=1S/C22H23ClN2O2/c1-16-15-19(23)8-9-20(16)24-22(27)18-11-13-25(14-12-18)21(26)10-7-17-5-3-2-4-6-17/h2-10,15,18H,11-14H2,1H3,(H,24,27)/b10-7+. The predicted molar refractivity (Wildman–Crippen MR) is 110 cm³/mol. The summed E-state index contributed by atoms with van der Waals surface area (Å²) in [6.45, 7) is 3.10. The Kier molecular flexibility index (Phi) is 6.30. The highest BCUT2D eigenvalue weighted by molar-refractivity contribution is 6.30. The molecule has 0 aliphatic carbocycles. The van der Waals surface area contributed by atoms with Crippen LogP contribution >= 0.6 is 11.6 Å². The van der Waals surface area contributed by atoms with Crippen LogP contribution < -0.4 is 5.32 Å². The van der Waals surface area contributed by atoms with Crippen LogP contribution in [0.25, 0.3) is 6.08 Å². The topological polar surface area (TPSA) is 49.4 Å². The number of nitrogens with zero attached hydrogens (tertiary/aromatic N) is 1. The molecule has 1 aliphatic rings. The van der Waals surface area contributed by atoms with Crippen molar-refractivity contribution in [3.05, 3.63) is 70.8 Å². The average Bonchev–Trinajstić information content (AvgIpc) is 2.69. The Balaban J connectivity index is 1.51. The minimum Gasteiger partial charge on any atom is -0.339 e. The second kappa shape index (κ2) is 8.87. The third kappa shape index (κ3) is 5.20. The van der Waals surface area contributed by atoms with Crippen LogP contribution in [-0.2, 0) is 9.59 Å². The van der Waals surface area contributed by atoms with E-state index in [1.165, 1.54) is 0 Å². The second-order valence-electron chi connectivity index (χ2n) is 6.79. The van der Waals surface area contributed by atoms with Crippen molar-refractivity contribution in [2.24, 2.45) is 5.92 Å². The fourth-order valence-electron chi connectivity index (χ4n) is 3.20. The monoisotopic (exact) mass is 382 g/mol. The van der Waals surface area contributed by atoms with Crippen molar-refractivity contribution in [1.29, 1.82) is 0 Å². The van der Waals surface area contributed by atoms with Crippen LogP contribution in [0.4, 0.5) is 5.69 Å². The number of rotatable bonds is 4. The Morgan fingerprint density at radius 1 is 1.11 bits per heavy atom. The zero-order valence-corrected chi connectivity index (χ0v) is 16.1. The van der Waals surface area contributed by atoms with Crippen LogP contribution in [0.5, 0.6) is 0 Å². The molecule has 2 aromatic rings. The molecule has 2 aromatic carbocycles. The Morgan fingerprint density at radius 3 is 2.48 bits per heavy atom. The molecule has 0 saturated carbocycles. The minimum atomic E-state index is -0.0813. The van der Waals surface area contributed by atoms with E-state index < -0.39 is 0 Å². The van der Waals surface area contributed by atoms with Crippen LogP contribution in [0.3, 0.4) is 0 Å². The molecule has 1 N–H and O–H groups in total. The fourth-order valence-corrected chi connectivity index (χ4v) is 3.43. The van der Waals surface area contributed by atoms with Crippen molar-refractivity contribution in [1.82, 2.24) is 4.90 Å². The van der Waals surface area contributed by atoms with E-state index >= 15 is 0 Å². The van der Waals surface area contributed by atoms with E-state index in [0.717, 1.165) is 16.8 Å². The Hall–Kier alpha value is -2.59. The quantitative estimate of drug-likeness (QED) is 0.789. The SMILES string of the molecule is Cc1cc(Cl)ccc1NC(=O)C1CCN(C(=O)/C=C/c2ccccc2)CC1. The molecule has 0 spiro atoms. The van der Waals surface area contributed by atoms with Gasteiger partial charge in [0.25, 0.3) is 0 Å². The molecule has 5 heteroatoms. The van der Waals surface area contributed by atoms with Gasteiger partial charge in [0.15, 0.2) is 0 Å². The molecule has 1 aliphatic heterocycles. The number of nitrogens with one attached hydrogen (secondary N) is 1. The normalized spacial score (nSPS) is 15.1. The Bertz CT molecular complexity index is 841. The molecule has 2 amide bonds. The van der Waals surface area contributed by atoms with Gasteiger partial charge in [0, 0.05) is 35.8 Å². The lowest BCUT2D eigenvalue weighted by atomic mass is 9.95. The molecule has 27 heavy (non-hydrogen) atoms. The molecule has 4 nitrogen and oxygen atoms in total. The summed E-state index contributed by atoms with van der Waals surface area (Å²) < 4.78 is 0. The summed E-state index contributed by atoms with van der Waals surface area (Å²) >= 11 is 5.96. The van der Waals surface area contributed by atoms with Gasteiger partial charge in [-0.05, 0) is 55.2 Å². The molecule has 0 bridgehead atoms. The van der Waals surface area contributed by atoms with Gasteiger partial charge in [-0.15, -0.1) is 0 Å². The largest absolute Gasteiger partial charge is 0.339 e. The maximum Gasteiger partial charge on any atom is 0.246 e. The summed E-state index contributed by atoms with van der Waals surface area (Å²) in [7, 11) is 0. The van der Waals surface area contributed by atoms with Gasteiger partial charge in [0.05, 0.1) is 0 Å². The van der Waals surface area contributed by atoms with Crippen molar-refractivity contribution in [3.8, 4) is 0 Å². The molecule has 0 atom stereocenters. The van der Waals surface area contributed by atoms with E-state index in [1.807, 2.05) is 55.5 Å². The van der Waals surface area contributed by atoms with E-state index in [9.17, 15) is 9.59 Å². The van der Waals surface area contributed by atoms with Gasteiger partial charge in [-0.1, -0.05) is 41.9 Å². The van der Waals surface area contributed by atoms with Gasteiger partial charge < -0.3 is 10.2 Å². The maximum absolute atomic E-state index is 12.5.